The number of aliphatic hydroxyl groups excluding tert-OH is 2. The lowest BCUT2D eigenvalue weighted by Gasteiger charge is -2.13. The summed E-state index contributed by atoms with van der Waals surface area (Å²) in [5.41, 5.74) is 7.47. The van der Waals surface area contributed by atoms with Crippen LogP contribution in [0, 0.1) is 0 Å². The van der Waals surface area contributed by atoms with Gasteiger partial charge in [-0.15, -0.1) is 11.3 Å². The number of nitrogen functional groups attached to an aromatic ring is 1. The quantitative estimate of drug-likeness (QED) is 0.617. The van der Waals surface area contributed by atoms with Crippen molar-refractivity contribution in [1.29, 1.82) is 0 Å². The molecular weight excluding hydrogens is 320 g/mol. The number of aliphatic hydroxyl groups is 2. The number of nitrogens with two attached hydrogens (primary N) is 1. The Kier molecular flexibility index (Phi) is 3.45. The van der Waals surface area contributed by atoms with Gasteiger partial charge in [0.15, 0.2) is 5.65 Å². The molecule has 10 heteroatoms. The van der Waals surface area contributed by atoms with Crippen LogP contribution in [0.2, 0.25) is 0 Å². The van der Waals surface area contributed by atoms with Crippen molar-refractivity contribution in [2.45, 2.75) is 24.9 Å². The standard InChI is InChI=1S/C13H14N6O3S/c14-13-17-10(12-15-1-2-23-12)9-11(18-13)19(5-16-9)8-3-6(21)7(4-20)22-8/h1-2,5-8,20-21H,3-4H2,(H2,14,17,18)/t6?,7-,8-/m1/s1. The molecule has 0 spiro atoms. The van der Waals surface area contributed by atoms with Crippen molar-refractivity contribution in [3.63, 3.8) is 0 Å². The van der Waals surface area contributed by atoms with Gasteiger partial charge in [-0.2, -0.15) is 4.98 Å². The van der Waals surface area contributed by atoms with E-state index in [2.05, 4.69) is 19.9 Å². The Morgan fingerprint density at radius 1 is 1.39 bits per heavy atom. The molecule has 0 bridgehead atoms. The minimum absolute atomic E-state index is 0.113. The van der Waals surface area contributed by atoms with E-state index in [1.807, 2.05) is 5.38 Å². The van der Waals surface area contributed by atoms with E-state index in [0.29, 0.717) is 28.3 Å². The van der Waals surface area contributed by atoms with Crippen molar-refractivity contribution < 1.29 is 14.9 Å². The number of nitrogens with zero attached hydrogens (tertiary/aromatic N) is 5. The number of ether oxygens (including phenoxy) is 1. The fraction of sp³-hybridized carbons (Fsp3) is 0.385. The number of aromatic nitrogens is 5. The highest BCUT2D eigenvalue weighted by Crippen LogP contribution is 2.33. The molecule has 0 radical (unpaired) electrons. The maximum atomic E-state index is 9.91. The molecule has 0 saturated carbocycles. The van der Waals surface area contributed by atoms with Crippen LogP contribution in [0.5, 0.6) is 0 Å². The smallest absolute Gasteiger partial charge is 0.222 e. The molecule has 1 unspecified atom stereocenters. The van der Waals surface area contributed by atoms with Crippen molar-refractivity contribution in [2.75, 3.05) is 12.3 Å². The first-order valence-corrected chi connectivity index (χ1v) is 7.89. The molecule has 120 valence electrons. The van der Waals surface area contributed by atoms with Crippen molar-refractivity contribution in [2.24, 2.45) is 0 Å². The van der Waals surface area contributed by atoms with Crippen LogP contribution in [0.4, 0.5) is 5.95 Å². The third kappa shape index (κ3) is 2.36. The lowest BCUT2D eigenvalue weighted by molar-refractivity contribution is -0.0432. The Bertz CT molecular complexity index is 836. The van der Waals surface area contributed by atoms with Gasteiger partial charge in [0.25, 0.3) is 0 Å². The van der Waals surface area contributed by atoms with Crippen LogP contribution in [-0.2, 0) is 4.74 Å². The van der Waals surface area contributed by atoms with Crippen molar-refractivity contribution in [3.05, 3.63) is 17.9 Å². The predicted octanol–water partition coefficient (Wildman–Crippen LogP) is 0.173. The van der Waals surface area contributed by atoms with Gasteiger partial charge >= 0.3 is 0 Å². The highest BCUT2D eigenvalue weighted by atomic mass is 32.1. The van der Waals surface area contributed by atoms with Gasteiger partial charge in [0.05, 0.1) is 19.0 Å². The normalized spacial score (nSPS) is 24.5. The van der Waals surface area contributed by atoms with E-state index in [1.165, 1.54) is 11.3 Å². The molecule has 3 aromatic heterocycles. The SMILES string of the molecule is Nc1nc(-c2nccs2)c2ncn([C@H]3CC(O)[C@@H](CO)O3)c2n1. The van der Waals surface area contributed by atoms with Gasteiger partial charge < -0.3 is 20.7 Å². The summed E-state index contributed by atoms with van der Waals surface area (Å²) in [6.45, 7) is -0.244. The topological polar surface area (TPSA) is 132 Å². The Hall–Kier alpha value is -2.14. The number of hydrogen-bond acceptors (Lipinski definition) is 9. The van der Waals surface area contributed by atoms with E-state index >= 15 is 0 Å². The van der Waals surface area contributed by atoms with Crippen molar-refractivity contribution >= 4 is 28.4 Å². The van der Waals surface area contributed by atoms with E-state index in [1.54, 1.807) is 17.1 Å². The highest BCUT2D eigenvalue weighted by molar-refractivity contribution is 7.13. The third-order valence-electron chi connectivity index (χ3n) is 3.77. The zero-order chi connectivity index (χ0) is 16.0. The minimum Gasteiger partial charge on any atom is -0.394 e. The van der Waals surface area contributed by atoms with Gasteiger partial charge in [-0.25, -0.2) is 15.0 Å². The van der Waals surface area contributed by atoms with Crippen LogP contribution in [0.25, 0.3) is 21.9 Å². The number of thiazole rings is 1. The fourth-order valence-corrected chi connectivity index (χ4v) is 3.31. The average molecular weight is 334 g/mol. The molecule has 1 aliphatic heterocycles. The van der Waals surface area contributed by atoms with Crippen LogP contribution in [0.3, 0.4) is 0 Å². The second-order valence-corrected chi connectivity index (χ2v) is 6.10. The van der Waals surface area contributed by atoms with Gasteiger partial charge in [-0.3, -0.25) is 4.57 Å². The average Bonchev–Trinajstić information content (AvgIpc) is 3.24. The molecular formula is C13H14N6O3S. The monoisotopic (exact) mass is 334 g/mol. The lowest BCUT2D eigenvalue weighted by atomic mass is 10.2. The Morgan fingerprint density at radius 3 is 2.96 bits per heavy atom. The first-order chi connectivity index (χ1) is 11.2. The second kappa shape index (κ2) is 5.49. The molecule has 1 aliphatic rings. The van der Waals surface area contributed by atoms with E-state index in [4.69, 9.17) is 10.5 Å². The van der Waals surface area contributed by atoms with Crippen LogP contribution in [0.15, 0.2) is 17.9 Å². The highest BCUT2D eigenvalue weighted by Gasteiger charge is 2.35. The Morgan fingerprint density at radius 2 is 2.26 bits per heavy atom. The predicted molar refractivity (Wildman–Crippen MR) is 82.5 cm³/mol. The van der Waals surface area contributed by atoms with E-state index in [9.17, 15) is 10.2 Å². The number of imidazole rings is 1. The van der Waals surface area contributed by atoms with Crippen molar-refractivity contribution in [1.82, 2.24) is 24.5 Å². The van der Waals surface area contributed by atoms with Gasteiger partial charge in [-0.05, 0) is 0 Å². The minimum atomic E-state index is -0.736. The largest absolute Gasteiger partial charge is 0.394 e. The Balaban J connectivity index is 1.81. The maximum Gasteiger partial charge on any atom is 0.222 e. The molecule has 4 rings (SSSR count). The first kappa shape index (κ1) is 14.5. The van der Waals surface area contributed by atoms with Gasteiger partial charge in [0.2, 0.25) is 5.95 Å². The Labute approximate surface area is 134 Å². The maximum absolute atomic E-state index is 9.91. The summed E-state index contributed by atoms with van der Waals surface area (Å²) in [4.78, 5) is 17.1. The van der Waals surface area contributed by atoms with Gasteiger partial charge in [-0.1, -0.05) is 0 Å². The van der Waals surface area contributed by atoms with E-state index in [-0.39, 0.29) is 12.6 Å². The molecule has 9 nitrogen and oxygen atoms in total. The number of rotatable bonds is 3. The van der Waals surface area contributed by atoms with E-state index in [0.717, 1.165) is 0 Å². The van der Waals surface area contributed by atoms with E-state index < -0.39 is 18.4 Å². The fourth-order valence-electron chi connectivity index (χ4n) is 2.68. The second-order valence-electron chi connectivity index (χ2n) is 5.21. The summed E-state index contributed by atoms with van der Waals surface area (Å²) in [5, 5.41) is 21.7. The molecule has 0 amide bonds. The number of anilines is 1. The number of fused-ring (bicyclic) bond motifs is 1. The summed E-state index contributed by atoms with van der Waals surface area (Å²) < 4.78 is 7.35. The summed E-state index contributed by atoms with van der Waals surface area (Å²) in [6.07, 6.45) is 1.78. The van der Waals surface area contributed by atoms with Crippen LogP contribution >= 0.6 is 11.3 Å². The summed E-state index contributed by atoms with van der Waals surface area (Å²) in [7, 11) is 0. The molecule has 1 saturated heterocycles. The summed E-state index contributed by atoms with van der Waals surface area (Å²) in [5.74, 6) is 0.113. The zero-order valence-corrected chi connectivity index (χ0v) is 12.7. The van der Waals surface area contributed by atoms with Gasteiger partial charge in [0, 0.05) is 18.0 Å². The molecule has 0 aliphatic carbocycles. The van der Waals surface area contributed by atoms with Crippen LogP contribution in [0.1, 0.15) is 12.6 Å². The van der Waals surface area contributed by atoms with Gasteiger partial charge in [0.1, 0.15) is 28.6 Å². The van der Waals surface area contributed by atoms with Crippen LogP contribution < -0.4 is 5.73 Å². The van der Waals surface area contributed by atoms with Crippen molar-refractivity contribution in [3.8, 4) is 10.7 Å². The molecule has 4 N–H and O–H groups in total. The molecule has 0 aromatic carbocycles. The zero-order valence-electron chi connectivity index (χ0n) is 11.9. The summed E-state index contributed by atoms with van der Waals surface area (Å²) >= 11 is 1.43. The molecule has 23 heavy (non-hydrogen) atoms. The molecule has 3 atom stereocenters. The first-order valence-electron chi connectivity index (χ1n) is 7.01. The lowest BCUT2D eigenvalue weighted by Crippen LogP contribution is -2.24. The molecule has 4 heterocycles. The molecule has 1 fully saturated rings. The molecule has 3 aromatic rings. The third-order valence-corrected chi connectivity index (χ3v) is 4.55. The van der Waals surface area contributed by atoms with Crippen LogP contribution in [-0.4, -0.2) is 53.5 Å². The number of hydrogen-bond donors (Lipinski definition) is 3. The summed E-state index contributed by atoms with van der Waals surface area (Å²) in [6, 6.07) is 0.